The van der Waals surface area contributed by atoms with Crippen molar-refractivity contribution in [1.29, 1.82) is 0 Å². The van der Waals surface area contributed by atoms with Crippen molar-refractivity contribution in [2.24, 2.45) is 0 Å². The van der Waals surface area contributed by atoms with Gasteiger partial charge in [0.25, 0.3) is 0 Å². The molecule has 164 valence electrons. The van der Waals surface area contributed by atoms with Crippen LogP contribution < -0.4 is 9.80 Å². The van der Waals surface area contributed by atoms with Crippen LogP contribution in [0.1, 0.15) is 43.4 Å². The van der Waals surface area contributed by atoms with E-state index in [1.54, 1.807) is 19.0 Å². The Morgan fingerprint density at radius 1 is 0.871 bits per heavy atom. The molecule has 0 spiro atoms. The highest BCUT2D eigenvalue weighted by atomic mass is 19.4. The number of hydrogen-bond acceptors (Lipinski definition) is 4. The fraction of sp³-hybridized carbons (Fsp3) is 0.333. The van der Waals surface area contributed by atoms with Crippen LogP contribution in [0.2, 0.25) is 0 Å². The summed E-state index contributed by atoms with van der Waals surface area (Å²) in [5.41, 5.74) is 2.84. The highest BCUT2D eigenvalue weighted by Crippen LogP contribution is 2.38. The van der Waals surface area contributed by atoms with E-state index < -0.39 is 11.7 Å². The number of nitrogens with zero attached hydrogens (tertiary/aromatic N) is 4. The zero-order valence-corrected chi connectivity index (χ0v) is 18.4. The largest absolute Gasteiger partial charge is 0.421 e. The molecule has 3 rings (SSSR count). The maximum atomic E-state index is 13.7. The standard InChI is InChI=1S/C24H27F3N4/c1-6-17-7-11-20(12-8-17)31(5)23-28-15-21(24(25,26)27)22(29-23)30(4)19-13-9-18(10-14-19)16(2)3/h7-16H,6H2,1-5H3. The minimum absolute atomic E-state index is 0.188. The van der Waals surface area contributed by atoms with Gasteiger partial charge >= 0.3 is 6.18 Å². The van der Waals surface area contributed by atoms with Gasteiger partial charge in [0.1, 0.15) is 5.56 Å². The number of anilines is 4. The van der Waals surface area contributed by atoms with Crippen LogP contribution in [0.3, 0.4) is 0 Å². The van der Waals surface area contributed by atoms with Crippen molar-refractivity contribution in [3.05, 3.63) is 71.4 Å². The first-order valence-corrected chi connectivity index (χ1v) is 10.2. The number of aryl methyl sites for hydroxylation is 1. The van der Waals surface area contributed by atoms with Crippen LogP contribution in [-0.4, -0.2) is 24.1 Å². The molecule has 4 nitrogen and oxygen atoms in total. The van der Waals surface area contributed by atoms with Crippen LogP contribution >= 0.6 is 0 Å². The molecule has 0 saturated carbocycles. The van der Waals surface area contributed by atoms with Crippen LogP contribution in [0.15, 0.2) is 54.7 Å². The lowest BCUT2D eigenvalue weighted by Crippen LogP contribution is -2.21. The first-order chi connectivity index (χ1) is 14.6. The Morgan fingerprint density at radius 2 is 1.42 bits per heavy atom. The van der Waals surface area contributed by atoms with E-state index in [9.17, 15) is 13.2 Å². The van der Waals surface area contributed by atoms with Crippen molar-refractivity contribution < 1.29 is 13.2 Å². The molecule has 0 bridgehead atoms. The van der Waals surface area contributed by atoms with E-state index in [0.717, 1.165) is 23.9 Å². The summed E-state index contributed by atoms with van der Waals surface area (Å²) in [6, 6.07) is 15.3. The molecule has 3 aromatic rings. The molecule has 0 unspecified atom stereocenters. The lowest BCUT2D eigenvalue weighted by Gasteiger charge is -2.25. The zero-order valence-electron chi connectivity index (χ0n) is 18.4. The van der Waals surface area contributed by atoms with Gasteiger partial charge in [0.2, 0.25) is 5.95 Å². The molecule has 0 aliphatic rings. The number of aromatic nitrogens is 2. The molecule has 7 heteroatoms. The molecule has 0 aliphatic carbocycles. The Labute approximate surface area is 181 Å². The summed E-state index contributed by atoms with van der Waals surface area (Å²) in [5, 5.41) is 0. The summed E-state index contributed by atoms with van der Waals surface area (Å²) in [5.74, 6) is 0.341. The van der Waals surface area contributed by atoms with E-state index in [-0.39, 0.29) is 11.8 Å². The van der Waals surface area contributed by atoms with Crippen molar-refractivity contribution >= 4 is 23.1 Å². The lowest BCUT2D eigenvalue weighted by molar-refractivity contribution is -0.137. The summed E-state index contributed by atoms with van der Waals surface area (Å²) in [7, 11) is 3.33. The third-order valence-corrected chi connectivity index (χ3v) is 5.36. The average Bonchev–Trinajstić information content (AvgIpc) is 2.77. The highest BCUT2D eigenvalue weighted by Gasteiger charge is 2.37. The number of hydrogen-bond donors (Lipinski definition) is 0. The molecule has 31 heavy (non-hydrogen) atoms. The summed E-state index contributed by atoms with van der Waals surface area (Å²) in [4.78, 5) is 11.4. The fourth-order valence-electron chi connectivity index (χ4n) is 3.26. The van der Waals surface area contributed by atoms with Crippen molar-refractivity contribution in [2.75, 3.05) is 23.9 Å². The van der Waals surface area contributed by atoms with E-state index in [2.05, 4.69) is 30.7 Å². The third-order valence-electron chi connectivity index (χ3n) is 5.36. The Balaban J connectivity index is 2.02. The Kier molecular flexibility index (Phi) is 6.53. The van der Waals surface area contributed by atoms with Crippen molar-refractivity contribution in [3.63, 3.8) is 0 Å². The summed E-state index contributed by atoms with van der Waals surface area (Å²) in [6.45, 7) is 6.20. The molecule has 0 saturated heterocycles. The summed E-state index contributed by atoms with van der Waals surface area (Å²) >= 11 is 0. The van der Waals surface area contributed by atoms with Gasteiger partial charge in [-0.25, -0.2) is 4.98 Å². The molecular formula is C24H27F3N4. The second kappa shape index (κ2) is 8.96. The van der Waals surface area contributed by atoms with Gasteiger partial charge in [0, 0.05) is 31.7 Å². The predicted octanol–water partition coefficient (Wildman–Crippen LogP) is 6.72. The van der Waals surface area contributed by atoms with Crippen LogP contribution in [0, 0.1) is 0 Å². The maximum absolute atomic E-state index is 13.7. The van der Waals surface area contributed by atoms with Gasteiger partial charge in [0.15, 0.2) is 5.82 Å². The van der Waals surface area contributed by atoms with Gasteiger partial charge < -0.3 is 9.80 Å². The molecule has 1 heterocycles. The van der Waals surface area contributed by atoms with E-state index in [0.29, 0.717) is 11.6 Å². The molecule has 0 amide bonds. The predicted molar refractivity (Wildman–Crippen MR) is 120 cm³/mol. The number of alkyl halides is 3. The van der Waals surface area contributed by atoms with Gasteiger partial charge in [-0.15, -0.1) is 0 Å². The van der Waals surface area contributed by atoms with Crippen molar-refractivity contribution in [2.45, 2.75) is 39.3 Å². The number of rotatable bonds is 6. The summed E-state index contributed by atoms with van der Waals surface area (Å²) < 4.78 is 41.1. The molecule has 0 fully saturated rings. The molecule has 0 N–H and O–H groups in total. The van der Waals surface area contributed by atoms with Gasteiger partial charge in [-0.1, -0.05) is 45.0 Å². The van der Waals surface area contributed by atoms with E-state index in [4.69, 9.17) is 0 Å². The average molecular weight is 429 g/mol. The van der Waals surface area contributed by atoms with Gasteiger partial charge in [-0.05, 0) is 47.7 Å². The SMILES string of the molecule is CCc1ccc(N(C)c2ncc(C(F)(F)F)c(N(C)c3ccc(C(C)C)cc3)n2)cc1. The van der Waals surface area contributed by atoms with E-state index >= 15 is 0 Å². The minimum Gasteiger partial charge on any atom is -0.329 e. The quantitative estimate of drug-likeness (QED) is 0.436. The second-order valence-corrected chi connectivity index (χ2v) is 7.79. The third kappa shape index (κ3) is 4.98. The summed E-state index contributed by atoms with van der Waals surface area (Å²) in [6.07, 6.45) is -2.81. The topological polar surface area (TPSA) is 32.3 Å². The van der Waals surface area contributed by atoms with Crippen LogP contribution in [0.5, 0.6) is 0 Å². The minimum atomic E-state index is -4.57. The fourth-order valence-corrected chi connectivity index (χ4v) is 3.26. The van der Waals surface area contributed by atoms with Gasteiger partial charge in [0.05, 0.1) is 0 Å². The highest BCUT2D eigenvalue weighted by molar-refractivity contribution is 5.66. The van der Waals surface area contributed by atoms with Gasteiger partial charge in [-0.2, -0.15) is 18.2 Å². The molecule has 1 aromatic heterocycles. The Hall–Kier alpha value is -3.09. The number of benzene rings is 2. The van der Waals surface area contributed by atoms with Crippen LogP contribution in [0.4, 0.5) is 36.3 Å². The van der Waals surface area contributed by atoms with Crippen molar-refractivity contribution in [1.82, 2.24) is 9.97 Å². The molecule has 0 atom stereocenters. The smallest absolute Gasteiger partial charge is 0.329 e. The second-order valence-electron chi connectivity index (χ2n) is 7.79. The van der Waals surface area contributed by atoms with E-state index in [1.165, 1.54) is 10.5 Å². The van der Waals surface area contributed by atoms with Gasteiger partial charge in [-0.3, -0.25) is 0 Å². The molecule has 0 radical (unpaired) electrons. The Morgan fingerprint density at radius 3 is 1.94 bits per heavy atom. The van der Waals surface area contributed by atoms with Crippen LogP contribution in [-0.2, 0) is 12.6 Å². The lowest BCUT2D eigenvalue weighted by atomic mass is 10.0. The maximum Gasteiger partial charge on any atom is 0.421 e. The molecular weight excluding hydrogens is 401 g/mol. The van der Waals surface area contributed by atoms with E-state index in [1.807, 2.05) is 48.5 Å². The monoisotopic (exact) mass is 428 g/mol. The first kappa shape index (κ1) is 22.6. The first-order valence-electron chi connectivity index (χ1n) is 10.2. The normalized spacial score (nSPS) is 11.6. The van der Waals surface area contributed by atoms with Crippen LogP contribution in [0.25, 0.3) is 0 Å². The number of halogens is 3. The molecule has 2 aromatic carbocycles. The Bertz CT molecular complexity index is 1010. The zero-order chi connectivity index (χ0) is 22.8. The van der Waals surface area contributed by atoms with Crippen molar-refractivity contribution in [3.8, 4) is 0 Å². The molecule has 0 aliphatic heterocycles.